The molecule has 1 saturated carbocycles. The molecule has 1 N–H and O–H groups in total. The summed E-state index contributed by atoms with van der Waals surface area (Å²) in [6.07, 6.45) is 4.06. The average molecular weight is 498 g/mol. The number of halogens is 2. The third kappa shape index (κ3) is 4.31. The van der Waals surface area contributed by atoms with Gasteiger partial charge >= 0.3 is 0 Å². The molecule has 2 aromatic heterocycles. The highest BCUT2D eigenvalue weighted by Gasteiger charge is 2.47. The van der Waals surface area contributed by atoms with Crippen LogP contribution in [0.4, 0.5) is 20.4 Å². The van der Waals surface area contributed by atoms with E-state index in [-0.39, 0.29) is 11.8 Å². The summed E-state index contributed by atoms with van der Waals surface area (Å²) < 4.78 is 40.3. The van der Waals surface area contributed by atoms with E-state index in [4.69, 9.17) is 19.6 Å². The Morgan fingerprint density at radius 1 is 1.11 bits per heavy atom. The average Bonchev–Trinajstić information content (AvgIpc) is 3.34. The van der Waals surface area contributed by atoms with Gasteiger partial charge in [0.1, 0.15) is 17.4 Å². The molecule has 3 aromatic rings. The normalized spacial score (nSPS) is 27.0. The fourth-order valence-electron chi connectivity index (χ4n) is 6.04. The second-order valence-electron chi connectivity index (χ2n) is 10.0. The van der Waals surface area contributed by atoms with Crippen molar-refractivity contribution in [3.8, 4) is 11.6 Å². The minimum Gasteiger partial charge on any atom is -0.482 e. The van der Waals surface area contributed by atoms with Crippen LogP contribution in [0.3, 0.4) is 0 Å². The van der Waals surface area contributed by atoms with Gasteiger partial charge in [-0.15, -0.1) is 10.2 Å². The number of benzene rings is 1. The van der Waals surface area contributed by atoms with Crippen LogP contribution in [0, 0.1) is 29.4 Å². The zero-order chi connectivity index (χ0) is 24.8. The van der Waals surface area contributed by atoms with Crippen LogP contribution < -0.4 is 19.7 Å². The van der Waals surface area contributed by atoms with E-state index in [2.05, 4.69) is 27.3 Å². The van der Waals surface area contributed by atoms with Gasteiger partial charge in [-0.05, 0) is 37.0 Å². The van der Waals surface area contributed by atoms with Crippen molar-refractivity contribution in [2.75, 3.05) is 30.4 Å². The van der Waals surface area contributed by atoms with Crippen molar-refractivity contribution in [2.24, 2.45) is 17.8 Å². The monoisotopic (exact) mass is 497 g/mol. The highest BCUT2D eigenvalue weighted by molar-refractivity contribution is 5.48. The first-order chi connectivity index (χ1) is 17.5. The summed E-state index contributed by atoms with van der Waals surface area (Å²) in [4.78, 5) is 7.13. The maximum Gasteiger partial charge on any atom is 0.242 e. The van der Waals surface area contributed by atoms with Gasteiger partial charge in [-0.2, -0.15) is 10.1 Å². The number of hydrogen-bond acceptors (Lipinski definition) is 8. The molecule has 4 heterocycles. The maximum absolute atomic E-state index is 13.6. The summed E-state index contributed by atoms with van der Waals surface area (Å²) in [5, 5.41) is 16.4. The minimum absolute atomic E-state index is 0.157. The van der Waals surface area contributed by atoms with Crippen molar-refractivity contribution in [3.05, 3.63) is 47.9 Å². The second-order valence-corrected chi connectivity index (χ2v) is 10.0. The lowest BCUT2D eigenvalue weighted by Crippen LogP contribution is -2.49. The number of piperidine rings is 1. The zero-order valence-corrected chi connectivity index (χ0v) is 20.3. The highest BCUT2D eigenvalue weighted by Crippen LogP contribution is 2.44. The number of anilines is 2. The Kier molecular flexibility index (Phi) is 5.85. The first kappa shape index (κ1) is 22.9. The number of nitrogens with one attached hydrogen (secondary N) is 1. The molecule has 190 valence electrons. The smallest absolute Gasteiger partial charge is 0.242 e. The molecule has 6 rings (SSSR count). The van der Waals surface area contributed by atoms with Crippen LogP contribution in [0.25, 0.3) is 0 Å². The molecule has 0 spiro atoms. The third-order valence-corrected chi connectivity index (χ3v) is 7.69. The molecule has 1 aliphatic carbocycles. The summed E-state index contributed by atoms with van der Waals surface area (Å²) in [7, 11) is 1.60. The summed E-state index contributed by atoms with van der Waals surface area (Å²) in [5.41, 5.74) is 1.02. The number of fused-ring (bicyclic) bond motifs is 3. The quantitative estimate of drug-likeness (QED) is 0.550. The van der Waals surface area contributed by atoms with Crippen LogP contribution in [0.2, 0.25) is 0 Å². The fraction of sp³-hybridized carbons (Fsp3) is 0.520. The number of ether oxygens (including phenoxy) is 2. The Bertz CT molecular complexity index is 1230. The van der Waals surface area contributed by atoms with Gasteiger partial charge in [0, 0.05) is 49.9 Å². The van der Waals surface area contributed by atoms with Crippen molar-refractivity contribution >= 4 is 11.6 Å². The van der Waals surface area contributed by atoms with E-state index in [1.807, 2.05) is 10.7 Å². The van der Waals surface area contributed by atoms with Crippen LogP contribution in [0.5, 0.6) is 11.6 Å². The van der Waals surface area contributed by atoms with Gasteiger partial charge in [-0.25, -0.2) is 13.5 Å². The molecule has 11 heteroatoms. The van der Waals surface area contributed by atoms with Gasteiger partial charge in [0.2, 0.25) is 11.8 Å². The van der Waals surface area contributed by atoms with Crippen molar-refractivity contribution < 1.29 is 18.3 Å². The molecule has 5 atom stereocenters. The summed E-state index contributed by atoms with van der Waals surface area (Å²) >= 11 is 0. The largest absolute Gasteiger partial charge is 0.482 e. The Morgan fingerprint density at radius 2 is 1.94 bits per heavy atom. The SMILES string of the molecule is COc1cc(N2C[C@@H]3CC(C)[C@H](C2)[C@H]3Nc2nc3n(n2)CCC[C@@H]3Oc2cc(F)cc(F)c2)cnn1. The predicted octanol–water partition coefficient (Wildman–Crippen LogP) is 3.84. The first-order valence-corrected chi connectivity index (χ1v) is 12.4. The molecular weight excluding hydrogens is 468 g/mol. The third-order valence-electron chi connectivity index (χ3n) is 7.69. The molecule has 36 heavy (non-hydrogen) atoms. The molecule has 1 saturated heterocycles. The molecule has 2 bridgehead atoms. The summed E-state index contributed by atoms with van der Waals surface area (Å²) in [6, 6.07) is 5.41. The van der Waals surface area contributed by atoms with Crippen LogP contribution in [-0.2, 0) is 6.54 Å². The van der Waals surface area contributed by atoms with E-state index in [9.17, 15) is 8.78 Å². The van der Waals surface area contributed by atoms with Gasteiger partial charge in [-0.1, -0.05) is 6.92 Å². The van der Waals surface area contributed by atoms with Gasteiger partial charge < -0.3 is 19.7 Å². The molecule has 0 amide bonds. The summed E-state index contributed by atoms with van der Waals surface area (Å²) in [6.45, 7) is 4.84. The van der Waals surface area contributed by atoms with Crippen LogP contribution in [0.1, 0.15) is 38.1 Å². The van der Waals surface area contributed by atoms with Gasteiger partial charge in [0.25, 0.3) is 0 Å². The summed E-state index contributed by atoms with van der Waals surface area (Å²) in [5.74, 6) is 2.02. The van der Waals surface area contributed by atoms with Crippen molar-refractivity contribution in [3.63, 3.8) is 0 Å². The van der Waals surface area contributed by atoms with Crippen LogP contribution >= 0.6 is 0 Å². The number of aromatic nitrogens is 5. The van der Waals surface area contributed by atoms with Gasteiger partial charge in [-0.3, -0.25) is 0 Å². The van der Waals surface area contributed by atoms with E-state index < -0.39 is 17.7 Å². The van der Waals surface area contributed by atoms with E-state index in [0.29, 0.717) is 41.8 Å². The predicted molar refractivity (Wildman–Crippen MR) is 128 cm³/mol. The Labute approximate surface area is 207 Å². The lowest BCUT2D eigenvalue weighted by molar-refractivity contribution is 0.154. The number of nitrogens with zero attached hydrogens (tertiary/aromatic N) is 6. The first-order valence-electron chi connectivity index (χ1n) is 12.4. The lowest BCUT2D eigenvalue weighted by atomic mass is 9.89. The van der Waals surface area contributed by atoms with Crippen molar-refractivity contribution in [2.45, 2.75) is 44.9 Å². The van der Waals surface area contributed by atoms with Gasteiger partial charge in [0.05, 0.1) is 19.0 Å². The number of methoxy groups -OCH3 is 1. The molecular formula is C25H29F2N7O2. The van der Waals surface area contributed by atoms with Crippen molar-refractivity contribution in [1.29, 1.82) is 0 Å². The minimum atomic E-state index is -0.665. The second kappa shape index (κ2) is 9.18. The van der Waals surface area contributed by atoms with E-state index in [1.165, 1.54) is 12.1 Å². The molecule has 2 aliphatic heterocycles. The zero-order valence-electron chi connectivity index (χ0n) is 20.3. The Hall–Kier alpha value is -3.50. The standard InChI is InChI=1S/C25H29F2N7O2/c1-14-6-15-12-33(18-10-22(35-2)31-28-11-18)13-20(14)23(15)29-25-30-24-21(4-3-5-34(24)32-25)36-19-8-16(26)7-17(27)9-19/h7-11,14-15,20-21,23H,3-6,12-13H2,1-2H3,(H,29,32)/t14?,15-,20-,21-,23-/m0/s1. The number of aryl methyl sites for hydroxylation is 1. The molecule has 1 aromatic carbocycles. The number of rotatable bonds is 6. The molecule has 2 fully saturated rings. The van der Waals surface area contributed by atoms with Crippen LogP contribution in [0.15, 0.2) is 30.5 Å². The molecule has 9 nitrogen and oxygen atoms in total. The molecule has 1 unspecified atom stereocenters. The van der Waals surface area contributed by atoms with Gasteiger partial charge in [0.15, 0.2) is 11.9 Å². The molecule has 3 aliphatic rings. The highest BCUT2D eigenvalue weighted by atomic mass is 19.1. The lowest BCUT2D eigenvalue weighted by Gasteiger charge is -2.39. The van der Waals surface area contributed by atoms with E-state index >= 15 is 0 Å². The fourth-order valence-corrected chi connectivity index (χ4v) is 6.04. The Balaban J connectivity index is 1.18. The Morgan fingerprint density at radius 3 is 2.72 bits per heavy atom. The number of hydrogen-bond donors (Lipinski definition) is 1. The van der Waals surface area contributed by atoms with E-state index in [1.54, 1.807) is 13.3 Å². The topological polar surface area (TPSA) is 90.2 Å². The maximum atomic E-state index is 13.6. The molecule has 0 radical (unpaired) electrons. The van der Waals surface area contributed by atoms with E-state index in [0.717, 1.165) is 44.2 Å². The van der Waals surface area contributed by atoms with Crippen molar-refractivity contribution in [1.82, 2.24) is 25.0 Å². The van der Waals surface area contributed by atoms with Crippen LogP contribution in [-0.4, -0.2) is 51.2 Å².